The summed E-state index contributed by atoms with van der Waals surface area (Å²) < 4.78 is 0. The van der Waals surface area contributed by atoms with Crippen molar-refractivity contribution in [2.75, 3.05) is 6.54 Å². The summed E-state index contributed by atoms with van der Waals surface area (Å²) in [6.45, 7) is 0.231. The molecule has 0 heterocycles. The molecule has 0 saturated carbocycles. The molecule has 0 atom stereocenters. The van der Waals surface area contributed by atoms with Gasteiger partial charge >= 0.3 is 5.97 Å². The SMILES string of the molecule is NCCC(=O)O.[N]. The van der Waals surface area contributed by atoms with Crippen molar-refractivity contribution in [3.8, 4) is 0 Å². The van der Waals surface area contributed by atoms with E-state index in [1.165, 1.54) is 0 Å². The number of carboxylic acids is 1. The van der Waals surface area contributed by atoms with Gasteiger partial charge in [0.1, 0.15) is 0 Å². The van der Waals surface area contributed by atoms with E-state index in [1.54, 1.807) is 0 Å². The molecule has 0 bridgehead atoms. The van der Waals surface area contributed by atoms with Crippen molar-refractivity contribution >= 4 is 5.97 Å². The zero-order valence-electron chi connectivity index (χ0n) is 3.79. The standard InChI is InChI=1S/C3H7NO2.N/c4-2-1-3(5)6;/h1-2,4H2,(H,5,6);. The summed E-state index contributed by atoms with van der Waals surface area (Å²) in [5, 5.41) is 7.83. The topological polar surface area (TPSA) is 93.8 Å². The van der Waals surface area contributed by atoms with E-state index in [0.717, 1.165) is 0 Å². The van der Waals surface area contributed by atoms with Gasteiger partial charge in [-0.05, 0) is 0 Å². The Hall–Kier alpha value is -0.610. The van der Waals surface area contributed by atoms with Gasteiger partial charge in [-0.1, -0.05) is 0 Å². The fraction of sp³-hybridized carbons (Fsp3) is 0.667. The molecule has 0 saturated heterocycles. The summed E-state index contributed by atoms with van der Waals surface area (Å²) in [5.74, 6) is -0.836. The van der Waals surface area contributed by atoms with Gasteiger partial charge in [-0.25, -0.2) is 0 Å². The lowest BCUT2D eigenvalue weighted by Gasteiger charge is -1.80. The third kappa shape index (κ3) is 10.8. The molecule has 41 valence electrons. The number of rotatable bonds is 2. The van der Waals surface area contributed by atoms with Crippen LogP contribution in [0.25, 0.3) is 0 Å². The van der Waals surface area contributed by atoms with Gasteiger partial charge in [0.25, 0.3) is 0 Å². The highest BCUT2D eigenvalue weighted by atomic mass is 16.4. The number of hydrogen-bond acceptors (Lipinski definition) is 2. The smallest absolute Gasteiger partial charge is 0.304 e. The highest BCUT2D eigenvalue weighted by Gasteiger charge is 1.87. The Morgan fingerprint density at radius 3 is 2.14 bits per heavy atom. The summed E-state index contributed by atoms with van der Waals surface area (Å²) >= 11 is 0. The lowest BCUT2D eigenvalue weighted by molar-refractivity contribution is -0.136. The van der Waals surface area contributed by atoms with Crippen LogP contribution in [0.1, 0.15) is 6.42 Å². The molecule has 0 aliphatic rings. The van der Waals surface area contributed by atoms with E-state index in [0.29, 0.717) is 0 Å². The van der Waals surface area contributed by atoms with Crippen LogP contribution in [0.15, 0.2) is 0 Å². The molecule has 0 aliphatic carbocycles. The predicted octanol–water partition coefficient (Wildman–Crippen LogP) is -1.06. The Balaban J connectivity index is 0. The zero-order valence-corrected chi connectivity index (χ0v) is 3.79. The first-order valence-corrected chi connectivity index (χ1v) is 1.69. The monoisotopic (exact) mass is 103 g/mol. The second-order valence-corrected chi connectivity index (χ2v) is 0.932. The molecular formula is C3H7N2O2. The number of carboxylic acid groups (broad SMARTS) is 1. The zero-order chi connectivity index (χ0) is 4.99. The normalized spacial score (nSPS) is 7.00. The number of nitrogens with two attached hydrogens (primary N) is 1. The van der Waals surface area contributed by atoms with E-state index in [-0.39, 0.29) is 19.1 Å². The Morgan fingerprint density at radius 2 is 2.14 bits per heavy atom. The molecule has 4 nitrogen and oxygen atoms in total. The predicted molar refractivity (Wildman–Crippen MR) is 23.4 cm³/mol. The van der Waals surface area contributed by atoms with Gasteiger partial charge in [0.2, 0.25) is 0 Å². The van der Waals surface area contributed by atoms with E-state index < -0.39 is 5.97 Å². The maximum Gasteiger partial charge on any atom is 0.304 e. The van der Waals surface area contributed by atoms with Crippen molar-refractivity contribution in [1.29, 1.82) is 0 Å². The van der Waals surface area contributed by atoms with Crippen molar-refractivity contribution in [2.24, 2.45) is 5.73 Å². The molecule has 0 amide bonds. The number of aliphatic carboxylic acids is 1. The van der Waals surface area contributed by atoms with E-state index in [1.807, 2.05) is 0 Å². The maximum atomic E-state index is 9.52. The molecule has 0 aromatic rings. The fourth-order valence-corrected chi connectivity index (χ4v) is 0.123. The van der Waals surface area contributed by atoms with Crippen LogP contribution < -0.4 is 11.9 Å². The van der Waals surface area contributed by atoms with Crippen LogP contribution in [-0.2, 0) is 4.79 Å². The minimum Gasteiger partial charge on any atom is -0.481 e. The third-order valence-corrected chi connectivity index (χ3v) is 0.358. The average Bonchev–Trinajstić information content (AvgIpc) is 1.35. The van der Waals surface area contributed by atoms with Crippen molar-refractivity contribution < 1.29 is 9.90 Å². The van der Waals surface area contributed by atoms with E-state index in [9.17, 15) is 4.79 Å². The van der Waals surface area contributed by atoms with E-state index in [2.05, 4.69) is 0 Å². The maximum absolute atomic E-state index is 9.52. The Bertz CT molecular complexity index is 54.9. The number of carbonyl (C=O) groups is 1. The van der Waals surface area contributed by atoms with Crippen molar-refractivity contribution in [3.63, 3.8) is 0 Å². The minimum absolute atomic E-state index is 0. The Morgan fingerprint density at radius 1 is 1.71 bits per heavy atom. The van der Waals surface area contributed by atoms with Crippen LogP contribution in [0, 0.1) is 0 Å². The lowest BCUT2D eigenvalue weighted by atomic mass is 10.5. The highest BCUT2D eigenvalue weighted by molar-refractivity contribution is 5.66. The van der Waals surface area contributed by atoms with Gasteiger partial charge in [0, 0.05) is 12.7 Å². The van der Waals surface area contributed by atoms with Crippen LogP contribution in [-0.4, -0.2) is 17.6 Å². The fourth-order valence-electron chi connectivity index (χ4n) is 0.123. The van der Waals surface area contributed by atoms with Crippen molar-refractivity contribution in [2.45, 2.75) is 6.42 Å². The van der Waals surface area contributed by atoms with Gasteiger partial charge in [-0.2, -0.15) is 0 Å². The van der Waals surface area contributed by atoms with Gasteiger partial charge in [-0.3, -0.25) is 4.79 Å². The Labute approximate surface area is 41.9 Å². The molecule has 0 unspecified atom stereocenters. The molecule has 0 rings (SSSR count). The van der Waals surface area contributed by atoms with Crippen LogP contribution >= 0.6 is 0 Å². The molecule has 0 spiro atoms. The first-order chi connectivity index (χ1) is 2.77. The van der Waals surface area contributed by atoms with Crippen molar-refractivity contribution in [3.05, 3.63) is 0 Å². The second kappa shape index (κ2) is 5.39. The van der Waals surface area contributed by atoms with Crippen LogP contribution in [0.3, 0.4) is 0 Å². The van der Waals surface area contributed by atoms with Crippen LogP contribution in [0.4, 0.5) is 0 Å². The highest BCUT2D eigenvalue weighted by Crippen LogP contribution is 1.67. The van der Waals surface area contributed by atoms with Crippen LogP contribution in [0.5, 0.6) is 0 Å². The number of nitrogens with zero attached hydrogens (tertiary/aromatic N) is 1. The summed E-state index contributed by atoms with van der Waals surface area (Å²) in [6.07, 6.45) is 0.0694. The van der Waals surface area contributed by atoms with Gasteiger partial charge in [0.15, 0.2) is 0 Å². The minimum atomic E-state index is -0.836. The van der Waals surface area contributed by atoms with Gasteiger partial charge in [0.05, 0.1) is 6.42 Å². The molecule has 3 N–H and O–H groups in total. The molecule has 4 heteroatoms. The lowest BCUT2D eigenvalue weighted by Crippen LogP contribution is -2.05. The number of hydrogen-bond donors (Lipinski definition) is 2. The first-order valence-electron chi connectivity index (χ1n) is 1.69. The molecule has 0 aromatic carbocycles. The summed E-state index contributed by atoms with van der Waals surface area (Å²) in [6, 6.07) is 0. The van der Waals surface area contributed by atoms with E-state index in [4.69, 9.17) is 10.8 Å². The molecule has 7 heavy (non-hydrogen) atoms. The molecule has 0 aliphatic heterocycles. The third-order valence-electron chi connectivity index (χ3n) is 0.358. The largest absolute Gasteiger partial charge is 0.481 e. The Kier molecular flexibility index (Phi) is 7.42. The summed E-state index contributed by atoms with van der Waals surface area (Å²) in [4.78, 5) is 9.52. The van der Waals surface area contributed by atoms with Gasteiger partial charge < -0.3 is 10.8 Å². The van der Waals surface area contributed by atoms with E-state index >= 15 is 0 Å². The van der Waals surface area contributed by atoms with Crippen molar-refractivity contribution in [1.82, 2.24) is 6.15 Å². The van der Waals surface area contributed by atoms with Gasteiger partial charge in [-0.15, -0.1) is 0 Å². The van der Waals surface area contributed by atoms with Crippen LogP contribution in [0.2, 0.25) is 0 Å². The second-order valence-electron chi connectivity index (χ2n) is 0.932. The molecule has 0 fully saturated rings. The molecular weight excluding hydrogens is 96.0 g/mol. The first kappa shape index (κ1) is 9.63. The summed E-state index contributed by atoms with van der Waals surface area (Å²) in [5.41, 5.74) is 4.85. The quantitative estimate of drug-likeness (QED) is 0.466. The molecule has 0 aromatic heterocycles. The summed E-state index contributed by atoms with van der Waals surface area (Å²) in [7, 11) is 0. The average molecular weight is 103 g/mol. The molecule has 3 radical (unpaired) electrons.